The van der Waals surface area contributed by atoms with Gasteiger partial charge in [-0.1, -0.05) is 43.5 Å². The smallest absolute Gasteiger partial charge is 0.0261 e. The van der Waals surface area contributed by atoms with Crippen LogP contribution in [0.2, 0.25) is 0 Å². The highest BCUT2D eigenvalue weighted by atomic mass is 15.2. The normalized spacial score (nSPS) is 22.5. The van der Waals surface area contributed by atoms with Crippen LogP contribution in [-0.4, -0.2) is 31.1 Å². The van der Waals surface area contributed by atoms with Crippen LogP contribution >= 0.6 is 0 Å². The molecule has 0 atom stereocenters. The Morgan fingerprint density at radius 1 is 1.00 bits per heavy atom. The van der Waals surface area contributed by atoms with Gasteiger partial charge in [-0.15, -0.1) is 0 Å². The zero-order valence-corrected chi connectivity index (χ0v) is 11.9. The van der Waals surface area contributed by atoms with Crippen molar-refractivity contribution in [2.24, 2.45) is 0 Å². The van der Waals surface area contributed by atoms with E-state index in [1.54, 1.807) is 11.1 Å². The van der Waals surface area contributed by atoms with Gasteiger partial charge in [-0.2, -0.15) is 0 Å². The van der Waals surface area contributed by atoms with E-state index in [1.165, 1.54) is 32.1 Å². The van der Waals surface area contributed by atoms with Crippen molar-refractivity contribution in [2.45, 2.75) is 44.6 Å². The van der Waals surface area contributed by atoms with Crippen molar-refractivity contribution in [3.05, 3.63) is 35.4 Å². The highest BCUT2D eigenvalue weighted by Crippen LogP contribution is 2.34. The summed E-state index contributed by atoms with van der Waals surface area (Å²) in [6.07, 6.45) is 7.06. The molecule has 103 valence electrons. The van der Waals surface area contributed by atoms with Crippen molar-refractivity contribution in [1.29, 1.82) is 0 Å². The van der Waals surface area contributed by atoms with Gasteiger partial charge in [-0.25, -0.2) is 5.32 Å². The van der Waals surface area contributed by atoms with Crippen molar-refractivity contribution < 1.29 is 0 Å². The lowest BCUT2D eigenvalue weighted by Crippen LogP contribution is -2.39. The highest BCUT2D eigenvalue weighted by Gasteiger charge is 2.19. The van der Waals surface area contributed by atoms with Gasteiger partial charge >= 0.3 is 0 Å². The molecule has 2 aliphatic rings. The lowest BCUT2D eigenvalue weighted by Gasteiger charge is -2.29. The topological polar surface area (TPSA) is 17.3 Å². The second kappa shape index (κ2) is 6.53. The summed E-state index contributed by atoms with van der Waals surface area (Å²) in [4.78, 5) is 2.56. The van der Waals surface area contributed by atoms with Gasteiger partial charge in [0.15, 0.2) is 0 Å². The average Bonchev–Trinajstić information content (AvgIpc) is 2.50. The van der Waals surface area contributed by atoms with E-state index in [9.17, 15) is 0 Å². The Balaban J connectivity index is 1.72. The van der Waals surface area contributed by atoms with E-state index in [0.717, 1.165) is 38.6 Å². The van der Waals surface area contributed by atoms with E-state index in [2.05, 4.69) is 34.5 Å². The molecule has 2 fully saturated rings. The molecule has 1 saturated carbocycles. The van der Waals surface area contributed by atoms with Gasteiger partial charge in [0, 0.05) is 32.7 Å². The Hall–Kier alpha value is -0.860. The lowest BCUT2D eigenvalue weighted by atomic mass is 9.82. The molecule has 1 saturated heterocycles. The van der Waals surface area contributed by atoms with Crippen molar-refractivity contribution >= 4 is 0 Å². The molecule has 0 bridgehead atoms. The number of piperazine rings is 1. The minimum absolute atomic E-state index is 0.819. The van der Waals surface area contributed by atoms with Gasteiger partial charge in [-0.3, -0.25) is 4.90 Å². The highest BCUT2D eigenvalue weighted by molar-refractivity contribution is 5.30. The van der Waals surface area contributed by atoms with E-state index < -0.39 is 0 Å². The Morgan fingerprint density at radius 2 is 1.74 bits per heavy atom. The number of nitrogens with zero attached hydrogens (tertiary/aromatic N) is 2. The number of hydrogen-bond donors (Lipinski definition) is 0. The fraction of sp³-hybridized carbons (Fsp3) is 0.647. The molecule has 2 heteroatoms. The standard InChI is InChI=1S/C17H25N2/c1-2-6-15(7-3-1)17-9-5-4-8-16(17)14-19-12-10-18-11-13-19/h4-5,8-9,15H,1-3,6-7,10-14H2. The molecule has 1 aromatic carbocycles. The van der Waals surface area contributed by atoms with E-state index in [4.69, 9.17) is 0 Å². The first kappa shape index (κ1) is 13.1. The maximum absolute atomic E-state index is 4.44. The molecule has 0 amide bonds. The zero-order chi connectivity index (χ0) is 12.9. The summed E-state index contributed by atoms with van der Waals surface area (Å²) in [7, 11) is 0. The summed E-state index contributed by atoms with van der Waals surface area (Å²) in [5.74, 6) is 0.819. The summed E-state index contributed by atoms with van der Waals surface area (Å²) >= 11 is 0. The summed E-state index contributed by atoms with van der Waals surface area (Å²) in [6, 6.07) is 9.14. The monoisotopic (exact) mass is 257 g/mol. The Bertz CT molecular complexity index is 390. The fourth-order valence-corrected chi connectivity index (χ4v) is 3.54. The molecule has 1 aliphatic heterocycles. The third kappa shape index (κ3) is 3.37. The SMILES string of the molecule is c1ccc(C2CCCCC2)c(CN2CC[N]CC2)c1. The minimum atomic E-state index is 0.819. The van der Waals surface area contributed by atoms with Gasteiger partial charge in [-0.05, 0) is 29.9 Å². The summed E-state index contributed by atoms with van der Waals surface area (Å²) in [5.41, 5.74) is 3.20. The van der Waals surface area contributed by atoms with E-state index >= 15 is 0 Å². The lowest BCUT2D eigenvalue weighted by molar-refractivity contribution is 0.229. The van der Waals surface area contributed by atoms with Crippen LogP contribution in [-0.2, 0) is 6.54 Å². The molecule has 1 aromatic rings. The van der Waals surface area contributed by atoms with Crippen LogP contribution in [0.1, 0.15) is 49.1 Å². The van der Waals surface area contributed by atoms with Gasteiger partial charge in [0.05, 0.1) is 0 Å². The van der Waals surface area contributed by atoms with Crippen LogP contribution < -0.4 is 5.32 Å². The predicted molar refractivity (Wildman–Crippen MR) is 79.4 cm³/mol. The summed E-state index contributed by atoms with van der Waals surface area (Å²) in [6.45, 7) is 5.44. The maximum atomic E-state index is 4.44. The molecular formula is C17H25N2. The van der Waals surface area contributed by atoms with Gasteiger partial charge in [0.2, 0.25) is 0 Å². The number of benzene rings is 1. The Labute approximate surface area is 117 Å². The number of hydrogen-bond acceptors (Lipinski definition) is 1. The molecule has 3 rings (SSSR count). The fourth-order valence-electron chi connectivity index (χ4n) is 3.54. The van der Waals surface area contributed by atoms with Gasteiger partial charge in [0.1, 0.15) is 0 Å². The second-order valence-electron chi connectivity index (χ2n) is 5.98. The first-order valence-electron chi connectivity index (χ1n) is 7.87. The molecule has 1 heterocycles. The molecule has 1 aliphatic carbocycles. The predicted octanol–water partition coefficient (Wildman–Crippen LogP) is 3.15. The van der Waals surface area contributed by atoms with Crippen molar-refractivity contribution in [1.82, 2.24) is 10.2 Å². The van der Waals surface area contributed by atoms with Crippen LogP contribution in [0.3, 0.4) is 0 Å². The summed E-state index contributed by atoms with van der Waals surface area (Å²) in [5, 5.41) is 4.44. The van der Waals surface area contributed by atoms with Crippen molar-refractivity contribution in [3.8, 4) is 0 Å². The van der Waals surface area contributed by atoms with Crippen molar-refractivity contribution in [2.75, 3.05) is 26.2 Å². The molecule has 0 aromatic heterocycles. The van der Waals surface area contributed by atoms with E-state index in [-0.39, 0.29) is 0 Å². The van der Waals surface area contributed by atoms with Crippen LogP contribution in [0.15, 0.2) is 24.3 Å². The average molecular weight is 257 g/mol. The van der Waals surface area contributed by atoms with E-state index in [1.807, 2.05) is 0 Å². The maximum Gasteiger partial charge on any atom is 0.0261 e. The van der Waals surface area contributed by atoms with Crippen LogP contribution in [0, 0.1) is 0 Å². The Kier molecular flexibility index (Phi) is 4.52. The molecule has 0 unspecified atom stereocenters. The third-order valence-electron chi connectivity index (χ3n) is 4.64. The van der Waals surface area contributed by atoms with Crippen LogP contribution in [0.4, 0.5) is 0 Å². The molecule has 0 spiro atoms. The van der Waals surface area contributed by atoms with E-state index in [0.29, 0.717) is 0 Å². The minimum Gasteiger partial charge on any atom is -0.296 e. The number of rotatable bonds is 3. The zero-order valence-electron chi connectivity index (χ0n) is 11.9. The first-order chi connectivity index (χ1) is 9.43. The summed E-state index contributed by atoms with van der Waals surface area (Å²) < 4.78 is 0. The third-order valence-corrected chi connectivity index (χ3v) is 4.64. The quantitative estimate of drug-likeness (QED) is 0.813. The van der Waals surface area contributed by atoms with Crippen LogP contribution in [0.25, 0.3) is 0 Å². The molecule has 19 heavy (non-hydrogen) atoms. The van der Waals surface area contributed by atoms with Crippen molar-refractivity contribution in [3.63, 3.8) is 0 Å². The van der Waals surface area contributed by atoms with Gasteiger partial charge in [0.25, 0.3) is 0 Å². The molecule has 1 radical (unpaired) electrons. The first-order valence-corrected chi connectivity index (χ1v) is 7.87. The molecular weight excluding hydrogens is 232 g/mol. The molecule has 2 nitrogen and oxygen atoms in total. The van der Waals surface area contributed by atoms with Crippen LogP contribution in [0.5, 0.6) is 0 Å². The largest absolute Gasteiger partial charge is 0.296 e. The Morgan fingerprint density at radius 3 is 2.53 bits per heavy atom. The second-order valence-corrected chi connectivity index (χ2v) is 5.98. The molecule has 0 N–H and O–H groups in total. The van der Waals surface area contributed by atoms with Gasteiger partial charge < -0.3 is 0 Å².